The van der Waals surface area contributed by atoms with E-state index in [4.69, 9.17) is 14.0 Å². The lowest BCUT2D eigenvalue weighted by Gasteiger charge is -2.32. The molecule has 3 aliphatic heterocycles. The average Bonchev–Trinajstić information content (AvgIpc) is 3.15. The van der Waals surface area contributed by atoms with Gasteiger partial charge in [-0.15, -0.1) is 0 Å². The monoisotopic (exact) mass is 371 g/mol. The van der Waals surface area contributed by atoms with Gasteiger partial charge in [0.25, 0.3) is 0 Å². The zero-order chi connectivity index (χ0) is 19.0. The lowest BCUT2D eigenvalue weighted by atomic mass is 9.79. The summed E-state index contributed by atoms with van der Waals surface area (Å²) in [6.07, 6.45) is 1.14. The molecule has 7 nitrogen and oxygen atoms in total. The highest BCUT2D eigenvalue weighted by molar-refractivity contribution is 6.62. The summed E-state index contributed by atoms with van der Waals surface area (Å²) in [6, 6.07) is 5.97. The van der Waals surface area contributed by atoms with E-state index in [1.54, 1.807) is 0 Å². The number of imidazole rings is 1. The van der Waals surface area contributed by atoms with Gasteiger partial charge >= 0.3 is 12.8 Å². The molecule has 0 saturated carbocycles. The largest absolute Gasteiger partial charge is 0.494 e. The van der Waals surface area contributed by atoms with Crippen LogP contribution in [-0.4, -0.2) is 58.6 Å². The topological polar surface area (TPSA) is 68.7 Å². The van der Waals surface area contributed by atoms with Gasteiger partial charge < -0.3 is 19.0 Å². The van der Waals surface area contributed by atoms with Crippen LogP contribution in [0.5, 0.6) is 0 Å². The van der Waals surface area contributed by atoms with Gasteiger partial charge in [-0.1, -0.05) is 6.07 Å². The number of morpholine rings is 1. The van der Waals surface area contributed by atoms with Gasteiger partial charge in [-0.2, -0.15) is 0 Å². The number of nitrogens with zero attached hydrogens (tertiary/aromatic N) is 2. The third kappa shape index (κ3) is 2.62. The second-order valence-electron chi connectivity index (χ2n) is 8.87. The van der Waals surface area contributed by atoms with Crippen LogP contribution in [0, 0.1) is 0 Å². The molecule has 2 aromatic rings. The SMILES string of the molecule is CC1(C)OB(c2ccc3c(c2)[nH]c(=O)n3C2CC3CN2CCO3)OC1(C)C. The molecule has 0 amide bonds. The molecule has 3 saturated heterocycles. The van der Waals surface area contributed by atoms with Gasteiger partial charge in [0.15, 0.2) is 0 Å². The summed E-state index contributed by atoms with van der Waals surface area (Å²) in [6.45, 7) is 10.7. The van der Waals surface area contributed by atoms with E-state index in [0.717, 1.165) is 42.6 Å². The van der Waals surface area contributed by atoms with Crippen molar-refractivity contribution in [1.82, 2.24) is 14.5 Å². The molecule has 144 valence electrons. The molecule has 27 heavy (non-hydrogen) atoms. The van der Waals surface area contributed by atoms with Crippen LogP contribution in [0.3, 0.4) is 0 Å². The van der Waals surface area contributed by atoms with Gasteiger partial charge in [-0.05, 0) is 45.3 Å². The maximum atomic E-state index is 12.7. The number of aromatic amines is 1. The second-order valence-corrected chi connectivity index (χ2v) is 8.87. The van der Waals surface area contributed by atoms with E-state index < -0.39 is 7.12 Å². The number of fused-ring (bicyclic) bond motifs is 3. The number of rotatable bonds is 2. The standard InChI is InChI=1S/C19H26BN3O4/c1-18(2)19(3,4)27-20(26-18)12-5-6-15-14(9-12)21-17(24)23(15)16-10-13-11-22(16)7-8-25-13/h5-6,9,13,16H,7-8,10-11H2,1-4H3,(H,21,24). The number of benzene rings is 1. The highest BCUT2D eigenvalue weighted by atomic mass is 16.7. The fourth-order valence-electron chi connectivity index (χ4n) is 4.38. The van der Waals surface area contributed by atoms with Crippen LogP contribution in [0.4, 0.5) is 0 Å². The van der Waals surface area contributed by atoms with Crippen molar-refractivity contribution in [1.29, 1.82) is 0 Å². The smallest absolute Gasteiger partial charge is 0.399 e. The summed E-state index contributed by atoms with van der Waals surface area (Å²) < 4.78 is 19.9. The zero-order valence-corrected chi connectivity index (χ0v) is 16.3. The Morgan fingerprint density at radius 3 is 2.63 bits per heavy atom. The van der Waals surface area contributed by atoms with Crippen LogP contribution >= 0.6 is 0 Å². The normalized spacial score (nSPS) is 31.7. The van der Waals surface area contributed by atoms with E-state index in [-0.39, 0.29) is 29.2 Å². The Kier molecular flexibility index (Phi) is 3.69. The second kappa shape index (κ2) is 5.70. The minimum atomic E-state index is -0.436. The van der Waals surface area contributed by atoms with E-state index in [0.29, 0.717) is 0 Å². The van der Waals surface area contributed by atoms with Gasteiger partial charge in [0.05, 0.1) is 41.1 Å². The first kappa shape index (κ1) is 17.5. The summed E-state index contributed by atoms with van der Waals surface area (Å²) in [5, 5.41) is 0. The van der Waals surface area contributed by atoms with Crippen molar-refractivity contribution >= 4 is 23.6 Å². The van der Waals surface area contributed by atoms with E-state index in [9.17, 15) is 4.79 Å². The Morgan fingerprint density at radius 1 is 1.19 bits per heavy atom. The Balaban J connectivity index is 1.51. The summed E-state index contributed by atoms with van der Waals surface area (Å²) in [4.78, 5) is 18.1. The summed E-state index contributed by atoms with van der Waals surface area (Å²) in [5.74, 6) is 0. The molecule has 3 aliphatic rings. The molecule has 1 aromatic carbocycles. The van der Waals surface area contributed by atoms with E-state index in [1.165, 1.54) is 0 Å². The molecule has 3 fully saturated rings. The molecule has 0 radical (unpaired) electrons. The van der Waals surface area contributed by atoms with Crippen molar-refractivity contribution in [2.45, 2.75) is 57.6 Å². The van der Waals surface area contributed by atoms with Gasteiger partial charge in [0.2, 0.25) is 0 Å². The van der Waals surface area contributed by atoms with Crippen molar-refractivity contribution in [3.63, 3.8) is 0 Å². The van der Waals surface area contributed by atoms with Crippen LogP contribution in [-0.2, 0) is 14.0 Å². The third-order valence-corrected chi connectivity index (χ3v) is 6.63. The van der Waals surface area contributed by atoms with E-state index >= 15 is 0 Å². The molecule has 0 aliphatic carbocycles. The van der Waals surface area contributed by atoms with Crippen LogP contribution in [0.1, 0.15) is 40.3 Å². The molecule has 2 bridgehead atoms. The highest BCUT2D eigenvalue weighted by Crippen LogP contribution is 2.37. The molecule has 0 spiro atoms. The van der Waals surface area contributed by atoms with Crippen LogP contribution < -0.4 is 11.2 Å². The Bertz CT molecular complexity index is 934. The zero-order valence-electron chi connectivity index (χ0n) is 16.3. The highest BCUT2D eigenvalue weighted by Gasteiger charge is 2.51. The average molecular weight is 371 g/mol. The lowest BCUT2D eigenvalue weighted by molar-refractivity contribution is 0.00578. The first-order valence-corrected chi connectivity index (χ1v) is 9.71. The number of H-pyrrole nitrogens is 1. The maximum Gasteiger partial charge on any atom is 0.494 e. The number of nitrogens with one attached hydrogen (secondary N) is 1. The van der Waals surface area contributed by atoms with Gasteiger partial charge in [0.1, 0.15) is 0 Å². The van der Waals surface area contributed by atoms with Crippen molar-refractivity contribution < 1.29 is 14.0 Å². The minimum Gasteiger partial charge on any atom is -0.399 e. The van der Waals surface area contributed by atoms with Crippen LogP contribution in [0.25, 0.3) is 11.0 Å². The van der Waals surface area contributed by atoms with Gasteiger partial charge in [-0.3, -0.25) is 9.47 Å². The molecular formula is C19H26BN3O4. The molecule has 8 heteroatoms. The molecule has 5 rings (SSSR count). The predicted octanol–water partition coefficient (Wildman–Crippen LogP) is 1.23. The fraction of sp³-hybridized carbons (Fsp3) is 0.632. The summed E-state index contributed by atoms with van der Waals surface area (Å²) in [7, 11) is -0.436. The van der Waals surface area contributed by atoms with Crippen molar-refractivity contribution in [3.8, 4) is 0 Å². The number of hydrogen-bond acceptors (Lipinski definition) is 5. The molecule has 3 unspecified atom stereocenters. The van der Waals surface area contributed by atoms with Gasteiger partial charge in [0, 0.05) is 19.5 Å². The van der Waals surface area contributed by atoms with Crippen LogP contribution in [0.2, 0.25) is 0 Å². The first-order valence-electron chi connectivity index (χ1n) is 9.71. The van der Waals surface area contributed by atoms with Gasteiger partial charge in [-0.25, -0.2) is 4.79 Å². The maximum absolute atomic E-state index is 12.7. The Labute approximate surface area is 158 Å². The lowest BCUT2D eigenvalue weighted by Crippen LogP contribution is -2.41. The first-order chi connectivity index (χ1) is 12.7. The summed E-state index contributed by atoms with van der Waals surface area (Å²) >= 11 is 0. The Hall–Kier alpha value is -1.61. The quantitative estimate of drug-likeness (QED) is 0.805. The number of aromatic nitrogens is 2. The molecule has 1 aromatic heterocycles. The molecule has 3 atom stereocenters. The Morgan fingerprint density at radius 2 is 1.93 bits per heavy atom. The van der Waals surface area contributed by atoms with Crippen molar-refractivity contribution in [2.24, 2.45) is 0 Å². The van der Waals surface area contributed by atoms with Crippen LogP contribution in [0.15, 0.2) is 23.0 Å². The third-order valence-electron chi connectivity index (χ3n) is 6.63. The molecule has 4 heterocycles. The van der Waals surface area contributed by atoms with Crippen molar-refractivity contribution in [3.05, 3.63) is 28.7 Å². The van der Waals surface area contributed by atoms with Crippen molar-refractivity contribution in [2.75, 3.05) is 19.7 Å². The molecular weight excluding hydrogens is 345 g/mol. The predicted molar refractivity (Wildman–Crippen MR) is 103 cm³/mol. The fourth-order valence-corrected chi connectivity index (χ4v) is 4.38. The summed E-state index contributed by atoms with van der Waals surface area (Å²) in [5.41, 5.74) is 1.80. The van der Waals surface area contributed by atoms with E-state index in [2.05, 4.69) is 9.88 Å². The van der Waals surface area contributed by atoms with E-state index in [1.807, 2.05) is 50.5 Å². The minimum absolute atomic E-state index is 0.0569. The molecule has 1 N–H and O–H groups in total. The number of hydrogen-bond donors (Lipinski definition) is 1. The number of ether oxygens (including phenoxy) is 1.